The van der Waals surface area contributed by atoms with E-state index in [2.05, 4.69) is 36.2 Å². The molecule has 0 amide bonds. The maximum Gasteiger partial charge on any atom is 0.0354 e. The molecule has 1 aliphatic heterocycles. The Kier molecular flexibility index (Phi) is 1.17. The van der Waals surface area contributed by atoms with Gasteiger partial charge in [-0.1, -0.05) is 24.3 Å². The molecule has 1 nitrogen and oxygen atoms in total. The molecule has 1 aromatic carbocycles. The van der Waals surface area contributed by atoms with Crippen LogP contribution in [0, 0.1) is 0 Å². The number of fused-ring (bicyclic) bond motifs is 5. The molecule has 2 atom stereocenters. The van der Waals surface area contributed by atoms with Gasteiger partial charge in [0.25, 0.3) is 0 Å². The van der Waals surface area contributed by atoms with Crippen molar-refractivity contribution in [2.24, 2.45) is 0 Å². The van der Waals surface area contributed by atoms with Crippen molar-refractivity contribution in [3.05, 3.63) is 35.4 Å². The molecule has 2 bridgehead atoms. The zero-order valence-electron chi connectivity index (χ0n) is 7.33. The molecule has 0 N–H and O–H groups in total. The topological polar surface area (TPSA) is 3.24 Å². The third-order valence-electron chi connectivity index (χ3n) is 3.34. The average Bonchev–Trinajstić information content (AvgIpc) is 2.62. The van der Waals surface area contributed by atoms with Crippen molar-refractivity contribution in [3.8, 4) is 0 Å². The molecule has 1 heteroatoms. The van der Waals surface area contributed by atoms with Crippen molar-refractivity contribution in [1.29, 1.82) is 0 Å². The SMILES string of the molecule is CN1CC2CC1c1ccccc12. The molecule has 0 radical (unpaired) electrons. The third kappa shape index (κ3) is 0.674. The Morgan fingerprint density at radius 1 is 1.25 bits per heavy atom. The van der Waals surface area contributed by atoms with Crippen LogP contribution in [0.15, 0.2) is 24.3 Å². The molecule has 62 valence electrons. The highest BCUT2D eigenvalue weighted by atomic mass is 15.2. The third-order valence-corrected chi connectivity index (χ3v) is 3.34. The first-order valence-corrected chi connectivity index (χ1v) is 4.65. The molecule has 2 aliphatic rings. The molecule has 3 rings (SSSR count). The highest BCUT2D eigenvalue weighted by molar-refractivity contribution is 5.40. The van der Waals surface area contributed by atoms with E-state index in [1.807, 2.05) is 0 Å². The van der Waals surface area contributed by atoms with Crippen molar-refractivity contribution in [3.63, 3.8) is 0 Å². The second-order valence-electron chi connectivity index (χ2n) is 4.02. The molecule has 0 spiro atoms. The van der Waals surface area contributed by atoms with Gasteiger partial charge in [-0.25, -0.2) is 0 Å². The lowest BCUT2D eigenvalue weighted by molar-refractivity contribution is 0.307. The van der Waals surface area contributed by atoms with Crippen LogP contribution in [-0.2, 0) is 0 Å². The van der Waals surface area contributed by atoms with Crippen molar-refractivity contribution in [2.45, 2.75) is 18.4 Å². The molecule has 1 aromatic rings. The quantitative estimate of drug-likeness (QED) is 0.560. The molecule has 2 unspecified atom stereocenters. The van der Waals surface area contributed by atoms with E-state index in [0.29, 0.717) is 0 Å². The van der Waals surface area contributed by atoms with Crippen molar-refractivity contribution >= 4 is 0 Å². The lowest BCUT2D eigenvalue weighted by Crippen LogP contribution is -2.22. The Morgan fingerprint density at radius 2 is 2.00 bits per heavy atom. The van der Waals surface area contributed by atoms with Crippen LogP contribution in [0.5, 0.6) is 0 Å². The summed E-state index contributed by atoms with van der Waals surface area (Å²) in [5.41, 5.74) is 3.19. The number of hydrogen-bond acceptors (Lipinski definition) is 1. The summed E-state index contributed by atoms with van der Waals surface area (Å²) in [6.45, 7) is 1.27. The highest BCUT2D eigenvalue weighted by Crippen LogP contribution is 2.48. The Balaban J connectivity index is 2.17. The van der Waals surface area contributed by atoms with Crippen LogP contribution in [0.2, 0.25) is 0 Å². The second-order valence-corrected chi connectivity index (χ2v) is 4.02. The van der Waals surface area contributed by atoms with Gasteiger partial charge in [0.2, 0.25) is 0 Å². The van der Waals surface area contributed by atoms with Gasteiger partial charge in [-0.2, -0.15) is 0 Å². The fourth-order valence-electron chi connectivity index (χ4n) is 2.77. The molecule has 1 saturated heterocycles. The highest BCUT2D eigenvalue weighted by Gasteiger charge is 2.39. The fraction of sp³-hybridized carbons (Fsp3) is 0.455. The minimum Gasteiger partial charge on any atom is -0.299 e. The summed E-state index contributed by atoms with van der Waals surface area (Å²) in [7, 11) is 2.24. The van der Waals surface area contributed by atoms with Gasteiger partial charge in [-0.3, -0.25) is 4.90 Å². The van der Waals surface area contributed by atoms with Gasteiger partial charge in [0.05, 0.1) is 0 Å². The first-order chi connectivity index (χ1) is 5.86. The summed E-state index contributed by atoms with van der Waals surface area (Å²) in [6.07, 6.45) is 1.36. The minimum atomic E-state index is 0.728. The van der Waals surface area contributed by atoms with Gasteiger partial charge in [-0.05, 0) is 30.5 Å². The van der Waals surface area contributed by atoms with Crippen LogP contribution < -0.4 is 0 Å². The van der Waals surface area contributed by atoms with E-state index in [-0.39, 0.29) is 0 Å². The van der Waals surface area contributed by atoms with E-state index in [1.165, 1.54) is 13.0 Å². The molecule has 1 aliphatic carbocycles. The smallest absolute Gasteiger partial charge is 0.0354 e. The summed E-state index contributed by atoms with van der Waals surface area (Å²) in [5, 5.41) is 0. The van der Waals surface area contributed by atoms with Gasteiger partial charge in [-0.15, -0.1) is 0 Å². The molecular formula is C11H13N. The largest absolute Gasteiger partial charge is 0.299 e. The first-order valence-electron chi connectivity index (χ1n) is 4.65. The number of hydrogen-bond donors (Lipinski definition) is 0. The van der Waals surface area contributed by atoms with E-state index >= 15 is 0 Å². The number of likely N-dealkylation sites (tertiary alicyclic amines) is 1. The Labute approximate surface area is 73.0 Å². The predicted molar refractivity (Wildman–Crippen MR) is 49.2 cm³/mol. The normalized spacial score (nSPS) is 32.4. The number of benzene rings is 1. The van der Waals surface area contributed by atoms with Gasteiger partial charge < -0.3 is 0 Å². The van der Waals surface area contributed by atoms with Gasteiger partial charge >= 0.3 is 0 Å². The molecule has 0 saturated carbocycles. The summed E-state index contributed by atoms with van der Waals surface area (Å²) in [5.74, 6) is 0.830. The van der Waals surface area contributed by atoms with Crippen molar-refractivity contribution < 1.29 is 0 Å². The summed E-state index contributed by atoms with van der Waals surface area (Å²) >= 11 is 0. The minimum absolute atomic E-state index is 0.728. The predicted octanol–water partition coefficient (Wildman–Crippen LogP) is 2.16. The number of rotatable bonds is 0. The zero-order chi connectivity index (χ0) is 8.13. The number of likely N-dealkylation sites (N-methyl/N-ethyl adjacent to an activating group) is 1. The van der Waals surface area contributed by atoms with Crippen LogP contribution in [0.25, 0.3) is 0 Å². The fourth-order valence-corrected chi connectivity index (χ4v) is 2.77. The lowest BCUT2D eigenvalue weighted by atomic mass is 10.00. The van der Waals surface area contributed by atoms with E-state index < -0.39 is 0 Å². The first kappa shape index (κ1) is 6.67. The molecule has 1 fully saturated rings. The monoisotopic (exact) mass is 159 g/mol. The van der Waals surface area contributed by atoms with Gasteiger partial charge in [0.15, 0.2) is 0 Å². The number of nitrogens with zero attached hydrogens (tertiary/aromatic N) is 1. The lowest BCUT2D eigenvalue weighted by Gasteiger charge is -2.24. The van der Waals surface area contributed by atoms with Crippen molar-refractivity contribution in [2.75, 3.05) is 13.6 Å². The second kappa shape index (κ2) is 2.11. The van der Waals surface area contributed by atoms with Crippen LogP contribution >= 0.6 is 0 Å². The Bertz CT molecular complexity index is 319. The van der Waals surface area contributed by atoms with E-state index in [4.69, 9.17) is 0 Å². The van der Waals surface area contributed by atoms with Crippen LogP contribution in [0.1, 0.15) is 29.5 Å². The summed E-state index contributed by atoms with van der Waals surface area (Å²) in [6, 6.07) is 9.64. The Morgan fingerprint density at radius 3 is 2.83 bits per heavy atom. The molecule has 1 heterocycles. The van der Waals surface area contributed by atoms with Gasteiger partial charge in [0, 0.05) is 12.6 Å². The molecular weight excluding hydrogens is 146 g/mol. The Hall–Kier alpha value is -0.820. The van der Waals surface area contributed by atoms with Gasteiger partial charge in [0.1, 0.15) is 0 Å². The maximum atomic E-state index is 2.48. The van der Waals surface area contributed by atoms with Crippen LogP contribution in [0.3, 0.4) is 0 Å². The van der Waals surface area contributed by atoms with E-state index in [0.717, 1.165) is 12.0 Å². The molecule has 12 heavy (non-hydrogen) atoms. The zero-order valence-corrected chi connectivity index (χ0v) is 7.33. The van der Waals surface area contributed by atoms with Crippen molar-refractivity contribution in [1.82, 2.24) is 4.90 Å². The molecule has 0 aromatic heterocycles. The van der Waals surface area contributed by atoms with Crippen LogP contribution in [-0.4, -0.2) is 18.5 Å². The standard InChI is InChI=1S/C11H13N/c1-12-7-8-6-11(12)10-5-3-2-4-9(8)10/h2-5,8,11H,6-7H2,1H3. The summed E-state index contributed by atoms with van der Waals surface area (Å²) < 4.78 is 0. The maximum absolute atomic E-state index is 2.48. The summed E-state index contributed by atoms with van der Waals surface area (Å²) in [4.78, 5) is 2.48. The van der Waals surface area contributed by atoms with Crippen LogP contribution in [0.4, 0.5) is 0 Å². The van der Waals surface area contributed by atoms with E-state index in [9.17, 15) is 0 Å². The average molecular weight is 159 g/mol. The van der Waals surface area contributed by atoms with E-state index in [1.54, 1.807) is 11.1 Å².